The Morgan fingerprint density at radius 1 is 1.32 bits per heavy atom. The highest BCUT2D eigenvalue weighted by molar-refractivity contribution is 5.46. The summed E-state index contributed by atoms with van der Waals surface area (Å²) in [5.41, 5.74) is 3.56. The van der Waals surface area contributed by atoms with E-state index in [4.69, 9.17) is 5.84 Å². The number of rotatable bonds is 5. The maximum atomic E-state index is 5.35. The second kappa shape index (κ2) is 6.70. The van der Waals surface area contributed by atoms with E-state index in [1.54, 1.807) is 6.20 Å². The van der Waals surface area contributed by atoms with Crippen LogP contribution in [0, 0.1) is 12.8 Å². The predicted octanol–water partition coefficient (Wildman–Crippen LogP) is 2.84. The molecule has 0 spiro atoms. The molecule has 19 heavy (non-hydrogen) atoms. The molecule has 4 N–H and O–H groups in total. The van der Waals surface area contributed by atoms with Crippen LogP contribution in [-0.4, -0.2) is 16.0 Å². The van der Waals surface area contributed by atoms with Crippen LogP contribution in [0.5, 0.6) is 0 Å². The van der Waals surface area contributed by atoms with Gasteiger partial charge in [0.2, 0.25) is 5.95 Å². The van der Waals surface area contributed by atoms with E-state index in [1.807, 2.05) is 6.92 Å². The van der Waals surface area contributed by atoms with Crippen LogP contribution in [0.4, 0.5) is 11.8 Å². The van der Waals surface area contributed by atoms with E-state index in [9.17, 15) is 0 Å². The molecule has 106 valence electrons. The summed E-state index contributed by atoms with van der Waals surface area (Å²) in [7, 11) is 0. The molecule has 2 rings (SSSR count). The maximum Gasteiger partial charge on any atom is 0.239 e. The summed E-state index contributed by atoms with van der Waals surface area (Å²) in [6, 6.07) is 0.535. The van der Waals surface area contributed by atoms with Gasteiger partial charge in [0.1, 0.15) is 5.82 Å². The van der Waals surface area contributed by atoms with E-state index in [-0.39, 0.29) is 0 Å². The third kappa shape index (κ3) is 3.80. The number of hydrogen-bond acceptors (Lipinski definition) is 5. The molecule has 0 aliphatic heterocycles. The normalized spacial score (nSPS) is 23.1. The first-order valence-corrected chi connectivity index (χ1v) is 7.29. The molecule has 1 heterocycles. The largest absolute Gasteiger partial charge is 0.367 e. The van der Waals surface area contributed by atoms with Gasteiger partial charge >= 0.3 is 0 Å². The van der Waals surface area contributed by atoms with E-state index < -0.39 is 0 Å². The number of nitrogens with one attached hydrogen (secondary N) is 2. The number of aromatic nitrogens is 2. The lowest BCUT2D eigenvalue weighted by molar-refractivity contribution is 0.318. The lowest BCUT2D eigenvalue weighted by Gasteiger charge is -2.29. The van der Waals surface area contributed by atoms with Crippen LogP contribution < -0.4 is 16.6 Å². The molecule has 0 radical (unpaired) electrons. The number of aryl methyl sites for hydroxylation is 1. The van der Waals surface area contributed by atoms with Crippen LogP contribution in [-0.2, 0) is 0 Å². The summed E-state index contributed by atoms with van der Waals surface area (Å²) in [5.74, 6) is 7.65. The number of nitrogens with two attached hydrogens (primary N) is 1. The standard InChI is InChI=1S/C14H25N5/c1-3-4-11-5-7-12(8-6-11)17-13-10(2)9-16-14(18-13)19-15/h9,11-12H,3-8,15H2,1-2H3,(H2,16,17,18,19). The zero-order valence-corrected chi connectivity index (χ0v) is 11.9. The summed E-state index contributed by atoms with van der Waals surface area (Å²) < 4.78 is 0. The molecular formula is C14H25N5. The fourth-order valence-corrected chi connectivity index (χ4v) is 2.85. The van der Waals surface area contributed by atoms with E-state index >= 15 is 0 Å². The Morgan fingerprint density at radius 3 is 2.68 bits per heavy atom. The lowest BCUT2D eigenvalue weighted by atomic mass is 9.83. The van der Waals surface area contributed by atoms with Crippen molar-refractivity contribution in [1.82, 2.24) is 9.97 Å². The summed E-state index contributed by atoms with van der Waals surface area (Å²) >= 11 is 0. The van der Waals surface area contributed by atoms with Gasteiger partial charge in [-0.2, -0.15) is 4.98 Å². The van der Waals surface area contributed by atoms with Crippen molar-refractivity contribution >= 4 is 11.8 Å². The van der Waals surface area contributed by atoms with Gasteiger partial charge in [-0.3, -0.25) is 5.43 Å². The Labute approximate surface area is 115 Å². The second-order valence-electron chi connectivity index (χ2n) is 5.52. The van der Waals surface area contributed by atoms with Crippen molar-refractivity contribution in [1.29, 1.82) is 0 Å². The van der Waals surface area contributed by atoms with Crippen LogP contribution in [0.25, 0.3) is 0 Å². The minimum Gasteiger partial charge on any atom is -0.367 e. The quantitative estimate of drug-likeness (QED) is 0.562. The van der Waals surface area contributed by atoms with Gasteiger partial charge in [0.05, 0.1) is 0 Å². The number of hydrazine groups is 1. The minimum absolute atomic E-state index is 0.466. The fourth-order valence-electron chi connectivity index (χ4n) is 2.85. The SMILES string of the molecule is CCCC1CCC(Nc2nc(NN)ncc2C)CC1. The van der Waals surface area contributed by atoms with E-state index in [0.29, 0.717) is 12.0 Å². The molecule has 1 saturated carbocycles. The van der Waals surface area contributed by atoms with Crippen molar-refractivity contribution in [3.63, 3.8) is 0 Å². The van der Waals surface area contributed by atoms with Crippen molar-refractivity contribution in [2.45, 2.75) is 58.4 Å². The van der Waals surface area contributed by atoms with Crippen LogP contribution in [0.2, 0.25) is 0 Å². The molecule has 5 nitrogen and oxygen atoms in total. The van der Waals surface area contributed by atoms with Gasteiger partial charge in [0.15, 0.2) is 0 Å². The molecular weight excluding hydrogens is 238 g/mol. The van der Waals surface area contributed by atoms with Gasteiger partial charge in [-0.1, -0.05) is 19.8 Å². The topological polar surface area (TPSA) is 75.9 Å². The molecule has 0 bridgehead atoms. The molecule has 5 heteroatoms. The molecule has 0 atom stereocenters. The number of hydrogen-bond donors (Lipinski definition) is 3. The number of nitrogens with zero attached hydrogens (tertiary/aromatic N) is 2. The van der Waals surface area contributed by atoms with E-state index in [0.717, 1.165) is 17.3 Å². The summed E-state index contributed by atoms with van der Waals surface area (Å²) in [6.07, 6.45) is 9.61. The zero-order chi connectivity index (χ0) is 13.7. The monoisotopic (exact) mass is 263 g/mol. The first-order chi connectivity index (χ1) is 9.22. The van der Waals surface area contributed by atoms with E-state index in [1.165, 1.54) is 38.5 Å². The first kappa shape index (κ1) is 14.1. The van der Waals surface area contributed by atoms with Gasteiger partial charge in [-0.05, 0) is 38.5 Å². The highest BCUT2D eigenvalue weighted by Crippen LogP contribution is 2.29. The van der Waals surface area contributed by atoms with Crippen LogP contribution in [0.1, 0.15) is 51.0 Å². The Bertz CT molecular complexity index is 399. The Balaban J connectivity index is 1.91. The third-order valence-electron chi connectivity index (χ3n) is 3.99. The highest BCUT2D eigenvalue weighted by Gasteiger charge is 2.21. The number of nitrogen functional groups attached to an aromatic ring is 1. The summed E-state index contributed by atoms with van der Waals surface area (Å²) in [5, 5.41) is 3.54. The van der Waals surface area contributed by atoms with Crippen molar-refractivity contribution in [2.75, 3.05) is 10.7 Å². The minimum atomic E-state index is 0.466. The van der Waals surface area contributed by atoms with Crippen molar-refractivity contribution in [2.24, 2.45) is 11.8 Å². The molecule has 1 aromatic rings. The fraction of sp³-hybridized carbons (Fsp3) is 0.714. The third-order valence-corrected chi connectivity index (χ3v) is 3.99. The van der Waals surface area contributed by atoms with Gasteiger partial charge < -0.3 is 5.32 Å². The second-order valence-corrected chi connectivity index (χ2v) is 5.52. The van der Waals surface area contributed by atoms with Crippen molar-refractivity contribution in [3.05, 3.63) is 11.8 Å². The van der Waals surface area contributed by atoms with Gasteiger partial charge in [0, 0.05) is 17.8 Å². The summed E-state index contributed by atoms with van der Waals surface area (Å²) in [4.78, 5) is 8.48. The lowest BCUT2D eigenvalue weighted by Crippen LogP contribution is -2.27. The van der Waals surface area contributed by atoms with Crippen LogP contribution in [0.3, 0.4) is 0 Å². The molecule has 0 saturated heterocycles. The molecule has 1 aliphatic carbocycles. The average Bonchev–Trinajstić information content (AvgIpc) is 2.44. The average molecular weight is 263 g/mol. The Hall–Kier alpha value is -1.36. The van der Waals surface area contributed by atoms with Gasteiger partial charge in [-0.15, -0.1) is 0 Å². The first-order valence-electron chi connectivity index (χ1n) is 7.29. The zero-order valence-electron chi connectivity index (χ0n) is 11.9. The van der Waals surface area contributed by atoms with Crippen LogP contribution >= 0.6 is 0 Å². The Morgan fingerprint density at radius 2 is 2.05 bits per heavy atom. The molecule has 1 fully saturated rings. The molecule has 1 aromatic heterocycles. The van der Waals surface area contributed by atoms with Crippen LogP contribution in [0.15, 0.2) is 6.20 Å². The molecule has 0 amide bonds. The van der Waals surface area contributed by atoms with E-state index in [2.05, 4.69) is 27.6 Å². The molecule has 1 aliphatic rings. The maximum absolute atomic E-state index is 5.35. The van der Waals surface area contributed by atoms with Gasteiger partial charge in [-0.25, -0.2) is 10.8 Å². The highest BCUT2D eigenvalue weighted by atomic mass is 15.3. The predicted molar refractivity (Wildman–Crippen MR) is 78.9 cm³/mol. The van der Waals surface area contributed by atoms with Crippen molar-refractivity contribution in [3.8, 4) is 0 Å². The molecule has 0 aromatic carbocycles. The Kier molecular flexibility index (Phi) is 4.96. The molecule has 0 unspecified atom stereocenters. The smallest absolute Gasteiger partial charge is 0.239 e. The number of anilines is 2. The van der Waals surface area contributed by atoms with Crippen molar-refractivity contribution < 1.29 is 0 Å². The van der Waals surface area contributed by atoms with Gasteiger partial charge in [0.25, 0.3) is 0 Å². The summed E-state index contributed by atoms with van der Waals surface area (Å²) in [6.45, 7) is 4.29.